The van der Waals surface area contributed by atoms with Crippen LogP contribution < -0.4 is 5.11 Å². The molecule has 7 heteroatoms. The summed E-state index contributed by atoms with van der Waals surface area (Å²) in [4.78, 5) is 37.1. The maximum absolute atomic E-state index is 12.8. The van der Waals surface area contributed by atoms with Crippen molar-refractivity contribution >= 4 is 17.8 Å². The molecule has 0 bridgehead atoms. The number of Topliss-reactive ketones (excluding diaryl/α,β-unsaturated/α-hetero) is 1. The van der Waals surface area contributed by atoms with Crippen molar-refractivity contribution in [2.75, 3.05) is 0 Å². The summed E-state index contributed by atoms with van der Waals surface area (Å²) in [5.41, 5.74) is -0.964. The van der Waals surface area contributed by atoms with Crippen LogP contribution in [0.1, 0.15) is 63.5 Å². The number of ketones is 1. The van der Waals surface area contributed by atoms with Crippen LogP contribution in [0, 0.1) is 0 Å². The quantitative estimate of drug-likeness (QED) is 0.764. The molecule has 26 heavy (non-hydrogen) atoms. The van der Waals surface area contributed by atoms with Gasteiger partial charge in [-0.2, -0.15) is 0 Å². The van der Waals surface area contributed by atoms with E-state index in [1.54, 1.807) is 58.9 Å². The lowest BCUT2D eigenvalue weighted by atomic mass is 9.98. The van der Waals surface area contributed by atoms with E-state index in [1.165, 1.54) is 11.8 Å². The lowest BCUT2D eigenvalue weighted by Gasteiger charge is -2.35. The SMILES string of the molecule is CC(=O)c1ccc([C@H]2[C@H](C(=O)[O-])OC(C)(C)N2C(=O)OC(C)(C)C)cc1. The summed E-state index contributed by atoms with van der Waals surface area (Å²) in [6.45, 7) is 9.80. The number of carbonyl (C=O) groups is 3. The van der Waals surface area contributed by atoms with Crippen LogP contribution in [0.5, 0.6) is 0 Å². The monoisotopic (exact) mass is 362 g/mol. The summed E-state index contributed by atoms with van der Waals surface area (Å²) in [5, 5.41) is 11.6. The second-order valence-electron chi connectivity index (χ2n) is 7.78. The number of hydrogen-bond acceptors (Lipinski definition) is 6. The summed E-state index contributed by atoms with van der Waals surface area (Å²) in [7, 11) is 0. The number of amides is 1. The van der Waals surface area contributed by atoms with E-state index in [1.807, 2.05) is 0 Å². The predicted molar refractivity (Wildman–Crippen MR) is 91.2 cm³/mol. The third-order valence-corrected chi connectivity index (χ3v) is 4.04. The minimum Gasteiger partial charge on any atom is -0.547 e. The Hall–Kier alpha value is -2.41. The third-order valence-electron chi connectivity index (χ3n) is 4.04. The van der Waals surface area contributed by atoms with Crippen molar-refractivity contribution in [1.82, 2.24) is 4.90 Å². The molecule has 0 unspecified atom stereocenters. The molecule has 1 saturated heterocycles. The molecule has 0 aliphatic carbocycles. The van der Waals surface area contributed by atoms with Crippen LogP contribution in [-0.4, -0.2) is 40.2 Å². The molecule has 2 atom stereocenters. The van der Waals surface area contributed by atoms with Crippen LogP contribution >= 0.6 is 0 Å². The van der Waals surface area contributed by atoms with Gasteiger partial charge in [0.1, 0.15) is 17.4 Å². The smallest absolute Gasteiger partial charge is 0.413 e. The van der Waals surface area contributed by atoms with Crippen LogP contribution in [0.2, 0.25) is 0 Å². The van der Waals surface area contributed by atoms with E-state index in [9.17, 15) is 19.5 Å². The molecule has 7 nitrogen and oxygen atoms in total. The number of rotatable bonds is 3. The maximum Gasteiger partial charge on any atom is 0.413 e. The van der Waals surface area contributed by atoms with Gasteiger partial charge in [-0.05, 0) is 47.1 Å². The molecule has 1 fully saturated rings. The number of aliphatic carboxylic acids is 1. The van der Waals surface area contributed by atoms with Crippen molar-refractivity contribution in [3.05, 3.63) is 35.4 Å². The highest BCUT2D eigenvalue weighted by atomic mass is 16.6. The van der Waals surface area contributed by atoms with Crippen LogP contribution in [-0.2, 0) is 14.3 Å². The van der Waals surface area contributed by atoms with E-state index in [4.69, 9.17) is 9.47 Å². The van der Waals surface area contributed by atoms with E-state index in [2.05, 4.69) is 0 Å². The van der Waals surface area contributed by atoms with Gasteiger partial charge >= 0.3 is 6.09 Å². The predicted octanol–water partition coefficient (Wildman–Crippen LogP) is 2.05. The molecule has 1 heterocycles. The largest absolute Gasteiger partial charge is 0.547 e. The average molecular weight is 362 g/mol. The van der Waals surface area contributed by atoms with Crippen molar-refractivity contribution in [1.29, 1.82) is 0 Å². The fourth-order valence-electron chi connectivity index (χ4n) is 2.96. The maximum atomic E-state index is 12.8. The van der Waals surface area contributed by atoms with Gasteiger partial charge in [0.2, 0.25) is 0 Å². The molecule has 1 amide bonds. The lowest BCUT2D eigenvalue weighted by molar-refractivity contribution is -0.317. The molecule has 0 N–H and O–H groups in total. The number of carboxylic acids is 1. The van der Waals surface area contributed by atoms with Crippen molar-refractivity contribution in [3.63, 3.8) is 0 Å². The Morgan fingerprint density at radius 3 is 2.12 bits per heavy atom. The molecule has 2 rings (SSSR count). The summed E-state index contributed by atoms with van der Waals surface area (Å²) in [5.74, 6) is -1.54. The first-order chi connectivity index (χ1) is 11.8. The Labute approximate surface area is 152 Å². The molecule has 1 aliphatic rings. The molecule has 0 aromatic heterocycles. The zero-order valence-corrected chi connectivity index (χ0v) is 15.9. The summed E-state index contributed by atoms with van der Waals surface area (Å²) < 4.78 is 11.0. The van der Waals surface area contributed by atoms with E-state index in [0.29, 0.717) is 11.1 Å². The van der Waals surface area contributed by atoms with Crippen molar-refractivity contribution < 1.29 is 29.0 Å². The normalized spacial score (nSPS) is 22.2. The van der Waals surface area contributed by atoms with Crippen molar-refractivity contribution in [3.8, 4) is 0 Å². The topological polar surface area (TPSA) is 96.0 Å². The molecule has 0 spiro atoms. The standard InChI is InChI=1S/C19H25NO6/c1-11(21)12-7-9-13(10-8-12)14-15(16(22)23)25-19(5,6)20(14)17(24)26-18(2,3)4/h7-10,14-15H,1-6H3,(H,22,23)/p-1/t14-,15+/m0/s1. The number of carboxylic acid groups (broad SMARTS) is 1. The second-order valence-corrected chi connectivity index (χ2v) is 7.78. The third kappa shape index (κ3) is 4.04. The number of carbonyl (C=O) groups excluding carboxylic acids is 3. The number of nitrogens with zero attached hydrogens (tertiary/aromatic N) is 1. The van der Waals surface area contributed by atoms with Gasteiger partial charge < -0.3 is 19.4 Å². The molecule has 1 aromatic rings. The summed E-state index contributed by atoms with van der Waals surface area (Å²) in [6.07, 6.45) is -2.05. The Balaban J connectivity index is 2.49. The first-order valence-corrected chi connectivity index (χ1v) is 8.35. The molecule has 0 saturated carbocycles. The Kier molecular flexibility index (Phi) is 5.14. The molecular formula is C19H24NO6-. The van der Waals surface area contributed by atoms with Gasteiger partial charge in [-0.1, -0.05) is 24.3 Å². The zero-order chi connectivity index (χ0) is 19.9. The van der Waals surface area contributed by atoms with Crippen LogP contribution in [0.4, 0.5) is 4.79 Å². The van der Waals surface area contributed by atoms with Crippen LogP contribution in [0.25, 0.3) is 0 Å². The molecule has 1 aliphatic heterocycles. The van der Waals surface area contributed by atoms with E-state index in [-0.39, 0.29) is 5.78 Å². The molecular weight excluding hydrogens is 338 g/mol. The lowest BCUT2D eigenvalue weighted by Crippen LogP contribution is -2.47. The van der Waals surface area contributed by atoms with Gasteiger partial charge in [0.15, 0.2) is 5.78 Å². The second kappa shape index (κ2) is 6.72. The first kappa shape index (κ1) is 19.9. The van der Waals surface area contributed by atoms with Crippen LogP contribution in [0.15, 0.2) is 24.3 Å². The van der Waals surface area contributed by atoms with Gasteiger partial charge in [-0.25, -0.2) is 4.79 Å². The zero-order valence-electron chi connectivity index (χ0n) is 15.9. The number of hydrogen-bond donors (Lipinski definition) is 0. The van der Waals surface area contributed by atoms with E-state index >= 15 is 0 Å². The Morgan fingerprint density at radius 1 is 1.15 bits per heavy atom. The Morgan fingerprint density at radius 2 is 1.69 bits per heavy atom. The van der Waals surface area contributed by atoms with E-state index in [0.717, 1.165) is 0 Å². The summed E-state index contributed by atoms with van der Waals surface area (Å²) >= 11 is 0. The molecule has 0 radical (unpaired) electrons. The fraction of sp³-hybridized carbons (Fsp3) is 0.526. The number of ether oxygens (including phenoxy) is 2. The molecule has 142 valence electrons. The summed E-state index contributed by atoms with van der Waals surface area (Å²) in [6, 6.07) is 5.45. The Bertz CT molecular complexity index is 717. The van der Waals surface area contributed by atoms with E-state index < -0.39 is 35.5 Å². The van der Waals surface area contributed by atoms with Gasteiger partial charge in [-0.15, -0.1) is 0 Å². The van der Waals surface area contributed by atoms with Crippen molar-refractivity contribution in [2.24, 2.45) is 0 Å². The first-order valence-electron chi connectivity index (χ1n) is 8.35. The highest BCUT2D eigenvalue weighted by Gasteiger charge is 2.52. The van der Waals surface area contributed by atoms with Gasteiger partial charge in [-0.3, -0.25) is 9.69 Å². The highest BCUT2D eigenvalue weighted by molar-refractivity contribution is 5.94. The minimum absolute atomic E-state index is 0.111. The fourth-order valence-corrected chi connectivity index (χ4v) is 2.96. The van der Waals surface area contributed by atoms with Gasteiger partial charge in [0.25, 0.3) is 0 Å². The highest BCUT2D eigenvalue weighted by Crippen LogP contribution is 2.42. The van der Waals surface area contributed by atoms with Gasteiger partial charge in [0.05, 0.1) is 12.0 Å². The van der Waals surface area contributed by atoms with Crippen molar-refractivity contribution in [2.45, 2.75) is 65.0 Å². The van der Waals surface area contributed by atoms with Gasteiger partial charge in [0, 0.05) is 5.56 Å². The average Bonchev–Trinajstić information content (AvgIpc) is 2.77. The minimum atomic E-state index is -1.43. The number of benzene rings is 1. The molecule has 1 aromatic carbocycles. The van der Waals surface area contributed by atoms with Crippen LogP contribution in [0.3, 0.4) is 0 Å².